The van der Waals surface area contributed by atoms with Gasteiger partial charge in [-0.25, -0.2) is 8.42 Å². The minimum absolute atomic E-state index is 0.118. The molecule has 0 spiro atoms. The van der Waals surface area contributed by atoms with Crippen LogP contribution in [-0.2, 0) is 10.0 Å². The molecule has 0 aliphatic rings. The first-order valence-corrected chi connectivity index (χ1v) is 7.72. The van der Waals surface area contributed by atoms with E-state index in [1.807, 2.05) is 6.07 Å². The predicted molar refractivity (Wildman–Crippen MR) is 82.3 cm³/mol. The number of nitriles is 1. The topological polar surface area (TPSA) is 96.0 Å². The molecule has 2 rings (SSSR count). The Kier molecular flexibility index (Phi) is 3.87. The van der Waals surface area contributed by atoms with Crippen LogP contribution in [0.5, 0.6) is 0 Å². The number of sulfonamides is 1. The molecule has 0 heterocycles. The summed E-state index contributed by atoms with van der Waals surface area (Å²) in [6.45, 7) is 3.43. The van der Waals surface area contributed by atoms with Crippen molar-refractivity contribution in [3.63, 3.8) is 0 Å². The van der Waals surface area contributed by atoms with Crippen LogP contribution in [0.15, 0.2) is 41.3 Å². The number of nitrogen functional groups attached to an aromatic ring is 1. The molecule has 2 aromatic rings. The molecule has 0 fully saturated rings. The Morgan fingerprint density at radius 1 is 1.19 bits per heavy atom. The summed E-state index contributed by atoms with van der Waals surface area (Å²) >= 11 is 0. The van der Waals surface area contributed by atoms with Crippen LogP contribution >= 0.6 is 0 Å². The van der Waals surface area contributed by atoms with Crippen molar-refractivity contribution in [2.24, 2.45) is 0 Å². The fourth-order valence-electron chi connectivity index (χ4n) is 2.00. The molecule has 0 aliphatic heterocycles. The second-order valence-corrected chi connectivity index (χ2v) is 6.39. The SMILES string of the molecule is Cc1cc(N)c(C)c(S(=O)(=O)Nc2ccccc2C#N)c1. The zero-order valence-corrected chi connectivity index (χ0v) is 12.5. The van der Waals surface area contributed by atoms with Crippen molar-refractivity contribution >= 4 is 21.4 Å². The lowest BCUT2D eigenvalue weighted by Gasteiger charge is -2.13. The number of hydrogen-bond acceptors (Lipinski definition) is 4. The van der Waals surface area contributed by atoms with Gasteiger partial charge in [0.1, 0.15) is 6.07 Å². The van der Waals surface area contributed by atoms with Gasteiger partial charge < -0.3 is 5.73 Å². The number of rotatable bonds is 3. The monoisotopic (exact) mass is 301 g/mol. The minimum atomic E-state index is -3.80. The molecule has 0 amide bonds. The Balaban J connectivity index is 2.52. The van der Waals surface area contributed by atoms with E-state index < -0.39 is 10.0 Å². The lowest BCUT2D eigenvalue weighted by atomic mass is 10.1. The third-order valence-corrected chi connectivity index (χ3v) is 4.62. The molecule has 0 radical (unpaired) electrons. The predicted octanol–water partition coefficient (Wildman–Crippen LogP) is 2.56. The zero-order chi connectivity index (χ0) is 15.6. The lowest BCUT2D eigenvalue weighted by Crippen LogP contribution is -2.16. The van der Waals surface area contributed by atoms with Crippen LogP contribution in [0.1, 0.15) is 16.7 Å². The maximum atomic E-state index is 12.5. The molecule has 0 atom stereocenters. The van der Waals surface area contributed by atoms with Crippen LogP contribution < -0.4 is 10.5 Å². The number of nitrogens with two attached hydrogens (primary N) is 1. The van der Waals surface area contributed by atoms with Gasteiger partial charge in [-0.3, -0.25) is 4.72 Å². The largest absolute Gasteiger partial charge is 0.398 e. The van der Waals surface area contributed by atoms with Gasteiger partial charge in [0.05, 0.1) is 16.1 Å². The molecule has 0 aliphatic carbocycles. The summed E-state index contributed by atoms with van der Waals surface area (Å²) in [5.74, 6) is 0. The Labute approximate surface area is 124 Å². The van der Waals surface area contributed by atoms with Crippen molar-refractivity contribution in [1.82, 2.24) is 0 Å². The summed E-state index contributed by atoms with van der Waals surface area (Å²) < 4.78 is 27.5. The molecule has 0 saturated carbocycles. The zero-order valence-electron chi connectivity index (χ0n) is 11.7. The summed E-state index contributed by atoms with van der Waals surface area (Å²) in [6.07, 6.45) is 0. The maximum absolute atomic E-state index is 12.5. The van der Waals surface area contributed by atoms with Crippen LogP contribution in [0.25, 0.3) is 0 Å². The number of anilines is 2. The number of nitrogens with one attached hydrogen (secondary N) is 1. The summed E-state index contributed by atoms with van der Waals surface area (Å²) in [6, 6.07) is 11.7. The van der Waals surface area contributed by atoms with Crippen LogP contribution in [0.3, 0.4) is 0 Å². The Bertz CT molecular complexity index is 836. The van der Waals surface area contributed by atoms with Gasteiger partial charge in [-0.05, 0) is 49.2 Å². The van der Waals surface area contributed by atoms with E-state index in [0.717, 1.165) is 5.56 Å². The molecule has 5 nitrogen and oxygen atoms in total. The van der Waals surface area contributed by atoms with Gasteiger partial charge in [-0.1, -0.05) is 12.1 Å². The molecule has 21 heavy (non-hydrogen) atoms. The smallest absolute Gasteiger partial charge is 0.262 e. The molecule has 0 aromatic heterocycles. The van der Waals surface area contributed by atoms with Crippen LogP contribution in [0.4, 0.5) is 11.4 Å². The van der Waals surface area contributed by atoms with Crippen molar-refractivity contribution in [1.29, 1.82) is 5.26 Å². The number of nitrogens with zero attached hydrogens (tertiary/aromatic N) is 1. The summed E-state index contributed by atoms with van der Waals surface area (Å²) in [5.41, 5.74) is 8.00. The third-order valence-electron chi connectivity index (χ3n) is 3.13. The second kappa shape index (κ2) is 5.46. The Morgan fingerprint density at radius 3 is 2.52 bits per heavy atom. The normalized spacial score (nSPS) is 10.9. The molecule has 2 aromatic carbocycles. The number of para-hydroxylation sites is 1. The van der Waals surface area contributed by atoms with Gasteiger partial charge in [0, 0.05) is 5.69 Å². The Morgan fingerprint density at radius 2 is 1.86 bits per heavy atom. The van der Waals surface area contributed by atoms with E-state index in [4.69, 9.17) is 11.0 Å². The maximum Gasteiger partial charge on any atom is 0.262 e. The molecule has 6 heteroatoms. The van der Waals surface area contributed by atoms with E-state index in [1.54, 1.807) is 50.2 Å². The molecular weight excluding hydrogens is 286 g/mol. The van der Waals surface area contributed by atoms with Gasteiger partial charge in [0.25, 0.3) is 10.0 Å². The number of benzene rings is 2. The van der Waals surface area contributed by atoms with Crippen molar-refractivity contribution in [3.8, 4) is 6.07 Å². The van der Waals surface area contributed by atoms with Gasteiger partial charge >= 0.3 is 0 Å². The first-order valence-electron chi connectivity index (χ1n) is 6.24. The second-order valence-electron chi connectivity index (χ2n) is 4.74. The molecule has 0 unspecified atom stereocenters. The number of hydrogen-bond donors (Lipinski definition) is 2. The average molecular weight is 301 g/mol. The van der Waals surface area contributed by atoms with E-state index in [-0.39, 0.29) is 16.1 Å². The summed E-state index contributed by atoms with van der Waals surface area (Å²) in [7, 11) is -3.80. The van der Waals surface area contributed by atoms with Crippen LogP contribution in [-0.4, -0.2) is 8.42 Å². The Hall–Kier alpha value is -2.52. The average Bonchev–Trinajstić information content (AvgIpc) is 2.43. The van der Waals surface area contributed by atoms with Crippen molar-refractivity contribution in [2.45, 2.75) is 18.7 Å². The van der Waals surface area contributed by atoms with Crippen molar-refractivity contribution in [3.05, 3.63) is 53.1 Å². The van der Waals surface area contributed by atoms with E-state index in [9.17, 15) is 8.42 Å². The molecular formula is C15H15N3O2S. The van der Waals surface area contributed by atoms with Gasteiger partial charge in [0.2, 0.25) is 0 Å². The van der Waals surface area contributed by atoms with Crippen LogP contribution in [0, 0.1) is 25.2 Å². The molecule has 0 saturated heterocycles. The highest BCUT2D eigenvalue weighted by molar-refractivity contribution is 7.92. The van der Waals surface area contributed by atoms with Gasteiger partial charge in [-0.15, -0.1) is 0 Å². The third kappa shape index (κ3) is 2.98. The van der Waals surface area contributed by atoms with E-state index in [0.29, 0.717) is 11.3 Å². The first-order chi connectivity index (χ1) is 9.85. The lowest BCUT2D eigenvalue weighted by molar-refractivity contribution is 0.600. The highest BCUT2D eigenvalue weighted by Gasteiger charge is 2.20. The van der Waals surface area contributed by atoms with Crippen molar-refractivity contribution in [2.75, 3.05) is 10.5 Å². The fraction of sp³-hybridized carbons (Fsp3) is 0.133. The highest BCUT2D eigenvalue weighted by atomic mass is 32.2. The van der Waals surface area contributed by atoms with E-state index >= 15 is 0 Å². The minimum Gasteiger partial charge on any atom is -0.398 e. The van der Waals surface area contributed by atoms with E-state index in [2.05, 4.69) is 4.72 Å². The van der Waals surface area contributed by atoms with Gasteiger partial charge in [0.15, 0.2) is 0 Å². The molecule has 0 bridgehead atoms. The van der Waals surface area contributed by atoms with Crippen LogP contribution in [0.2, 0.25) is 0 Å². The quantitative estimate of drug-likeness (QED) is 0.851. The standard InChI is InChI=1S/C15H15N3O2S/c1-10-7-13(17)11(2)15(8-10)21(19,20)18-14-6-4-3-5-12(14)9-16/h3-8,18H,17H2,1-2H3. The number of aryl methyl sites for hydroxylation is 1. The molecule has 3 N–H and O–H groups in total. The van der Waals surface area contributed by atoms with E-state index in [1.165, 1.54) is 0 Å². The van der Waals surface area contributed by atoms with Crippen molar-refractivity contribution < 1.29 is 8.42 Å². The fourth-order valence-corrected chi connectivity index (χ4v) is 3.44. The van der Waals surface area contributed by atoms with Gasteiger partial charge in [-0.2, -0.15) is 5.26 Å². The molecule has 108 valence electrons. The summed E-state index contributed by atoms with van der Waals surface area (Å²) in [5, 5.41) is 9.02. The first kappa shape index (κ1) is 14.9. The summed E-state index contributed by atoms with van der Waals surface area (Å²) in [4.78, 5) is 0.118. The highest BCUT2D eigenvalue weighted by Crippen LogP contribution is 2.26.